The lowest BCUT2D eigenvalue weighted by Crippen LogP contribution is -1.95. The van der Waals surface area contributed by atoms with Gasteiger partial charge in [-0.15, -0.1) is 10.2 Å². The molecule has 0 atom stereocenters. The number of aryl methyl sites for hydroxylation is 1. The van der Waals surface area contributed by atoms with Crippen molar-refractivity contribution in [1.29, 1.82) is 0 Å². The number of phenolic OH excluding ortho intramolecular Hbond substituents is 1. The Kier molecular flexibility index (Phi) is 4.48. The average Bonchev–Trinajstić information content (AvgIpc) is 2.89. The number of rotatable bonds is 4. The summed E-state index contributed by atoms with van der Waals surface area (Å²) in [6, 6.07) is 11.8. The van der Waals surface area contributed by atoms with Gasteiger partial charge in [-0.05, 0) is 36.2 Å². The molecule has 0 saturated heterocycles. The predicted molar refractivity (Wildman–Crippen MR) is 90.9 cm³/mol. The number of hydrogen-bond acceptors (Lipinski definition) is 4. The molecule has 1 amide bonds. The monoisotopic (exact) mass is 343 g/mol. The van der Waals surface area contributed by atoms with Crippen LogP contribution in [0.25, 0.3) is 10.9 Å². The molecule has 7 heteroatoms. The van der Waals surface area contributed by atoms with Gasteiger partial charge in [0, 0.05) is 11.8 Å². The maximum Gasteiger partial charge on any atom is 0.265 e. The SMILES string of the molecule is O=C(CCc1ccc(O)cc1)N=Nc1c(O)[nH]c2cccc(Cl)c12. The number of fused-ring (bicyclic) bond motifs is 1. The smallest absolute Gasteiger partial charge is 0.265 e. The lowest BCUT2D eigenvalue weighted by molar-refractivity contribution is -0.118. The van der Waals surface area contributed by atoms with Crippen molar-refractivity contribution in [3.63, 3.8) is 0 Å². The second-order valence-electron chi connectivity index (χ2n) is 5.24. The summed E-state index contributed by atoms with van der Waals surface area (Å²) in [4.78, 5) is 14.6. The van der Waals surface area contributed by atoms with E-state index in [1.54, 1.807) is 42.5 Å². The molecule has 0 radical (unpaired) electrons. The van der Waals surface area contributed by atoms with E-state index in [0.717, 1.165) is 5.56 Å². The van der Waals surface area contributed by atoms with E-state index in [2.05, 4.69) is 15.2 Å². The lowest BCUT2D eigenvalue weighted by atomic mass is 10.1. The summed E-state index contributed by atoms with van der Waals surface area (Å²) in [6.45, 7) is 0. The van der Waals surface area contributed by atoms with Crippen LogP contribution in [0.1, 0.15) is 12.0 Å². The van der Waals surface area contributed by atoms with Gasteiger partial charge in [0.15, 0.2) is 5.69 Å². The van der Waals surface area contributed by atoms with E-state index in [1.807, 2.05) is 0 Å². The third-order valence-electron chi connectivity index (χ3n) is 3.55. The maximum atomic E-state index is 11.9. The zero-order valence-corrected chi connectivity index (χ0v) is 13.3. The van der Waals surface area contributed by atoms with E-state index in [4.69, 9.17) is 11.6 Å². The van der Waals surface area contributed by atoms with Crippen LogP contribution in [0.3, 0.4) is 0 Å². The minimum absolute atomic E-state index is 0.147. The second-order valence-corrected chi connectivity index (χ2v) is 5.65. The zero-order valence-electron chi connectivity index (χ0n) is 12.5. The van der Waals surface area contributed by atoms with Crippen LogP contribution in [0.15, 0.2) is 52.7 Å². The number of halogens is 1. The Morgan fingerprint density at radius 1 is 1.12 bits per heavy atom. The molecule has 1 heterocycles. The summed E-state index contributed by atoms with van der Waals surface area (Å²) < 4.78 is 0. The van der Waals surface area contributed by atoms with Crippen LogP contribution in [0, 0.1) is 0 Å². The Hall–Kier alpha value is -2.86. The number of aromatic hydroxyl groups is 2. The molecule has 6 nitrogen and oxygen atoms in total. The van der Waals surface area contributed by atoms with Crippen LogP contribution in [-0.2, 0) is 11.2 Å². The van der Waals surface area contributed by atoms with Crippen molar-refractivity contribution in [2.24, 2.45) is 10.2 Å². The third kappa shape index (κ3) is 3.38. The summed E-state index contributed by atoms with van der Waals surface area (Å²) in [5.74, 6) is -0.423. The number of aromatic amines is 1. The highest BCUT2D eigenvalue weighted by atomic mass is 35.5. The minimum atomic E-state index is -0.413. The van der Waals surface area contributed by atoms with Crippen LogP contribution in [0.5, 0.6) is 11.6 Å². The van der Waals surface area contributed by atoms with Crippen molar-refractivity contribution in [3.8, 4) is 11.6 Å². The van der Waals surface area contributed by atoms with Crippen LogP contribution in [0.4, 0.5) is 5.69 Å². The molecule has 0 fully saturated rings. The van der Waals surface area contributed by atoms with E-state index < -0.39 is 5.91 Å². The maximum absolute atomic E-state index is 11.9. The normalized spacial score (nSPS) is 11.4. The first-order valence-electron chi connectivity index (χ1n) is 7.26. The number of aromatic nitrogens is 1. The fourth-order valence-corrected chi connectivity index (χ4v) is 2.61. The van der Waals surface area contributed by atoms with Crippen LogP contribution in [-0.4, -0.2) is 21.1 Å². The summed E-state index contributed by atoms with van der Waals surface area (Å²) >= 11 is 6.11. The molecule has 0 aliphatic carbocycles. The number of azo groups is 1. The number of benzene rings is 2. The van der Waals surface area contributed by atoms with E-state index >= 15 is 0 Å². The van der Waals surface area contributed by atoms with Gasteiger partial charge >= 0.3 is 0 Å². The Balaban J connectivity index is 1.72. The number of nitrogens with zero attached hydrogens (tertiary/aromatic N) is 2. The largest absolute Gasteiger partial charge is 0.508 e. The lowest BCUT2D eigenvalue weighted by Gasteiger charge is -1.98. The van der Waals surface area contributed by atoms with Gasteiger partial charge in [-0.25, -0.2) is 0 Å². The molecular formula is C17H14ClN3O3. The molecule has 2 aromatic carbocycles. The van der Waals surface area contributed by atoms with E-state index in [0.29, 0.717) is 22.3 Å². The summed E-state index contributed by atoms with van der Waals surface area (Å²) in [5, 5.41) is 27.6. The van der Waals surface area contributed by atoms with Crippen molar-refractivity contribution >= 4 is 34.1 Å². The Morgan fingerprint density at radius 3 is 2.62 bits per heavy atom. The molecule has 122 valence electrons. The van der Waals surface area contributed by atoms with Crippen LogP contribution >= 0.6 is 11.6 Å². The van der Waals surface area contributed by atoms with Gasteiger partial charge in [0.05, 0.1) is 10.5 Å². The molecule has 24 heavy (non-hydrogen) atoms. The molecule has 0 spiro atoms. The van der Waals surface area contributed by atoms with Crippen LogP contribution in [0.2, 0.25) is 5.02 Å². The quantitative estimate of drug-likeness (QED) is 0.609. The highest BCUT2D eigenvalue weighted by Gasteiger charge is 2.13. The molecular weight excluding hydrogens is 330 g/mol. The van der Waals surface area contributed by atoms with Crippen molar-refractivity contribution in [2.45, 2.75) is 12.8 Å². The van der Waals surface area contributed by atoms with Gasteiger partial charge in [0.1, 0.15) is 5.75 Å². The van der Waals surface area contributed by atoms with E-state index in [-0.39, 0.29) is 23.7 Å². The number of H-pyrrole nitrogens is 1. The van der Waals surface area contributed by atoms with Gasteiger partial charge in [-0.3, -0.25) is 4.79 Å². The standard InChI is InChI=1S/C17H14ClN3O3/c18-12-2-1-3-13-15(12)16(17(24)19-13)21-20-14(23)9-6-10-4-7-11(22)8-5-10/h1-5,7-8,19,22,24H,6,9H2. The van der Waals surface area contributed by atoms with Gasteiger partial charge in [-0.1, -0.05) is 29.8 Å². The van der Waals surface area contributed by atoms with Crippen molar-refractivity contribution in [1.82, 2.24) is 4.98 Å². The number of hydrogen-bond donors (Lipinski definition) is 3. The third-order valence-corrected chi connectivity index (χ3v) is 3.87. The number of amides is 1. The average molecular weight is 344 g/mol. The predicted octanol–water partition coefficient (Wildman–Crippen LogP) is 4.48. The fraction of sp³-hybridized carbons (Fsp3) is 0.118. The molecule has 0 unspecified atom stereocenters. The first kappa shape index (κ1) is 16.0. The fourth-order valence-electron chi connectivity index (χ4n) is 2.34. The number of carbonyl (C=O) groups excluding carboxylic acids is 1. The number of phenols is 1. The highest BCUT2D eigenvalue weighted by Crippen LogP contribution is 2.39. The second kappa shape index (κ2) is 6.72. The molecule has 1 aromatic heterocycles. The molecule has 0 saturated carbocycles. The molecule has 0 aliphatic rings. The van der Waals surface area contributed by atoms with Crippen molar-refractivity contribution in [2.75, 3.05) is 0 Å². The van der Waals surface area contributed by atoms with Gasteiger partial charge in [0.2, 0.25) is 5.88 Å². The Bertz CT molecular complexity index is 917. The van der Waals surface area contributed by atoms with E-state index in [9.17, 15) is 15.0 Å². The molecule has 3 rings (SSSR count). The van der Waals surface area contributed by atoms with Gasteiger partial charge in [-0.2, -0.15) is 0 Å². The van der Waals surface area contributed by atoms with E-state index in [1.165, 1.54) is 0 Å². The summed E-state index contributed by atoms with van der Waals surface area (Å²) in [7, 11) is 0. The number of nitrogens with one attached hydrogen (secondary N) is 1. The molecule has 3 N–H and O–H groups in total. The Morgan fingerprint density at radius 2 is 1.88 bits per heavy atom. The van der Waals surface area contributed by atoms with Gasteiger partial charge < -0.3 is 15.2 Å². The summed E-state index contributed by atoms with van der Waals surface area (Å²) in [5.41, 5.74) is 1.67. The van der Waals surface area contributed by atoms with Crippen molar-refractivity contribution in [3.05, 3.63) is 53.1 Å². The van der Waals surface area contributed by atoms with Gasteiger partial charge in [0.25, 0.3) is 5.91 Å². The molecule has 0 bridgehead atoms. The van der Waals surface area contributed by atoms with Crippen LogP contribution < -0.4 is 0 Å². The molecule has 3 aromatic rings. The first-order valence-corrected chi connectivity index (χ1v) is 7.64. The topological polar surface area (TPSA) is 98.0 Å². The van der Waals surface area contributed by atoms with Crippen molar-refractivity contribution < 1.29 is 15.0 Å². The molecule has 0 aliphatic heterocycles. The minimum Gasteiger partial charge on any atom is -0.508 e. The zero-order chi connectivity index (χ0) is 17.1. The number of carbonyl (C=O) groups is 1. The highest BCUT2D eigenvalue weighted by molar-refractivity contribution is 6.36. The first-order chi connectivity index (χ1) is 11.5. The Labute approximate surface area is 142 Å². The summed E-state index contributed by atoms with van der Waals surface area (Å²) in [6.07, 6.45) is 0.657.